The van der Waals surface area contributed by atoms with E-state index in [0.717, 1.165) is 11.3 Å². The van der Waals surface area contributed by atoms with Crippen LogP contribution >= 0.6 is 0 Å². The Bertz CT molecular complexity index is 936. The first-order valence-corrected chi connectivity index (χ1v) is 10.3. The van der Waals surface area contributed by atoms with Crippen molar-refractivity contribution in [3.63, 3.8) is 0 Å². The summed E-state index contributed by atoms with van der Waals surface area (Å²) in [6.07, 6.45) is 1.08. The zero-order valence-electron chi connectivity index (χ0n) is 15.3. The minimum absolute atomic E-state index is 0.124. The second-order valence-electron chi connectivity index (χ2n) is 7.11. The second-order valence-corrected chi connectivity index (χ2v) is 8.76. The van der Waals surface area contributed by atoms with Crippen LogP contribution in [0.1, 0.15) is 31.4 Å². The highest BCUT2D eigenvalue weighted by Gasteiger charge is 2.25. The first-order chi connectivity index (χ1) is 12.3. The maximum absolute atomic E-state index is 12.7. The molecule has 0 unspecified atom stereocenters. The molecule has 1 amide bonds. The van der Waals surface area contributed by atoms with Crippen molar-refractivity contribution in [2.75, 3.05) is 16.2 Å². The number of benzene rings is 2. The van der Waals surface area contributed by atoms with Gasteiger partial charge in [-0.1, -0.05) is 32.0 Å². The van der Waals surface area contributed by atoms with Crippen LogP contribution in [0.15, 0.2) is 47.4 Å². The number of hydrogen-bond donors (Lipinski definition) is 1. The lowest BCUT2D eigenvalue weighted by atomic mass is 9.99. The molecule has 0 atom stereocenters. The summed E-state index contributed by atoms with van der Waals surface area (Å²) in [5.41, 5.74) is 3.10. The number of carbonyl (C=O) groups excluding carboxylic acids is 1. The molecule has 0 aliphatic carbocycles. The number of nitrogens with one attached hydrogen (secondary N) is 1. The molecule has 6 heteroatoms. The van der Waals surface area contributed by atoms with Gasteiger partial charge in [0.2, 0.25) is 5.91 Å². The van der Waals surface area contributed by atoms with E-state index in [9.17, 15) is 13.2 Å². The normalized spacial score (nSPS) is 14.5. The zero-order valence-corrected chi connectivity index (χ0v) is 16.1. The molecule has 0 spiro atoms. The van der Waals surface area contributed by atoms with Crippen LogP contribution in [0.2, 0.25) is 0 Å². The number of anilines is 2. The van der Waals surface area contributed by atoms with Gasteiger partial charge in [-0.2, -0.15) is 0 Å². The van der Waals surface area contributed by atoms with Crippen LogP contribution in [0.4, 0.5) is 11.4 Å². The van der Waals surface area contributed by atoms with E-state index in [4.69, 9.17) is 0 Å². The molecular formula is C20H24N2O3S. The molecule has 1 N–H and O–H groups in total. The fourth-order valence-corrected chi connectivity index (χ4v) is 4.55. The van der Waals surface area contributed by atoms with Gasteiger partial charge in [-0.3, -0.25) is 9.52 Å². The fraction of sp³-hybridized carbons (Fsp3) is 0.350. The van der Waals surface area contributed by atoms with Gasteiger partial charge in [-0.05, 0) is 54.7 Å². The van der Waals surface area contributed by atoms with Gasteiger partial charge in [0.25, 0.3) is 10.0 Å². The smallest absolute Gasteiger partial charge is 0.262 e. The van der Waals surface area contributed by atoms with Crippen LogP contribution < -0.4 is 9.62 Å². The summed E-state index contributed by atoms with van der Waals surface area (Å²) in [6, 6.07) is 12.3. The molecule has 138 valence electrons. The summed E-state index contributed by atoms with van der Waals surface area (Å²) < 4.78 is 28.0. The number of carbonyl (C=O) groups is 1. The maximum Gasteiger partial charge on any atom is 0.262 e. The van der Waals surface area contributed by atoms with Crippen LogP contribution in [-0.2, 0) is 21.2 Å². The highest BCUT2D eigenvalue weighted by atomic mass is 32.2. The highest BCUT2D eigenvalue weighted by Crippen LogP contribution is 2.31. The minimum atomic E-state index is -3.64. The Kier molecular flexibility index (Phi) is 5.05. The SMILES string of the molecule is Cc1ccccc1S(=O)(=O)Nc1ccc2c(c1)CCC(=O)N2CC(C)C. The molecule has 0 saturated carbocycles. The molecule has 3 rings (SSSR count). The number of aryl methyl sites for hydroxylation is 2. The van der Waals surface area contributed by atoms with Gasteiger partial charge in [0.15, 0.2) is 0 Å². The van der Waals surface area contributed by atoms with Crippen molar-refractivity contribution < 1.29 is 13.2 Å². The van der Waals surface area contributed by atoms with Gasteiger partial charge in [0.05, 0.1) is 4.90 Å². The van der Waals surface area contributed by atoms with Gasteiger partial charge in [-0.15, -0.1) is 0 Å². The van der Waals surface area contributed by atoms with Crippen LogP contribution in [0, 0.1) is 12.8 Å². The van der Waals surface area contributed by atoms with Crippen molar-refractivity contribution in [3.05, 3.63) is 53.6 Å². The second kappa shape index (κ2) is 7.11. The third-order valence-corrected chi connectivity index (χ3v) is 6.00. The van der Waals surface area contributed by atoms with Crippen LogP contribution in [-0.4, -0.2) is 20.9 Å². The van der Waals surface area contributed by atoms with Gasteiger partial charge < -0.3 is 4.90 Å². The van der Waals surface area contributed by atoms with Gasteiger partial charge in [0, 0.05) is 24.3 Å². The van der Waals surface area contributed by atoms with E-state index >= 15 is 0 Å². The lowest BCUT2D eigenvalue weighted by molar-refractivity contribution is -0.119. The summed E-state index contributed by atoms with van der Waals surface area (Å²) in [6.45, 7) is 6.59. The first kappa shape index (κ1) is 18.5. The van der Waals surface area contributed by atoms with Crippen LogP contribution in [0.3, 0.4) is 0 Å². The van der Waals surface area contributed by atoms with E-state index < -0.39 is 10.0 Å². The molecule has 2 aromatic carbocycles. The van der Waals surface area contributed by atoms with Crippen molar-refractivity contribution in [3.8, 4) is 0 Å². The standard InChI is InChI=1S/C20H24N2O3S/c1-14(2)13-22-18-10-9-17(12-16(18)8-11-20(22)23)21-26(24,25)19-7-5-4-6-15(19)3/h4-7,9-10,12,14,21H,8,11,13H2,1-3H3. The van der Waals surface area contributed by atoms with Crippen molar-refractivity contribution in [2.45, 2.75) is 38.5 Å². The molecule has 2 aromatic rings. The van der Waals surface area contributed by atoms with Crippen molar-refractivity contribution in [2.24, 2.45) is 5.92 Å². The zero-order chi connectivity index (χ0) is 18.9. The Balaban J connectivity index is 1.90. The summed E-state index contributed by atoms with van der Waals surface area (Å²) in [5.74, 6) is 0.489. The van der Waals surface area contributed by atoms with Crippen LogP contribution in [0.25, 0.3) is 0 Å². The van der Waals surface area contributed by atoms with Gasteiger partial charge in [0.1, 0.15) is 0 Å². The molecule has 0 radical (unpaired) electrons. The number of sulfonamides is 1. The van der Waals surface area contributed by atoms with Crippen molar-refractivity contribution in [1.82, 2.24) is 0 Å². The van der Waals surface area contributed by atoms with Crippen molar-refractivity contribution in [1.29, 1.82) is 0 Å². The lowest BCUT2D eigenvalue weighted by Crippen LogP contribution is -2.37. The number of nitrogens with zero attached hydrogens (tertiary/aromatic N) is 1. The largest absolute Gasteiger partial charge is 0.312 e. The summed E-state index contributed by atoms with van der Waals surface area (Å²) in [5, 5.41) is 0. The topological polar surface area (TPSA) is 66.5 Å². The van der Waals surface area contributed by atoms with Crippen LogP contribution in [0.5, 0.6) is 0 Å². The lowest BCUT2D eigenvalue weighted by Gasteiger charge is -2.31. The van der Waals surface area contributed by atoms with E-state index in [1.54, 1.807) is 31.2 Å². The summed E-state index contributed by atoms with van der Waals surface area (Å²) >= 11 is 0. The molecule has 0 saturated heterocycles. The Morgan fingerprint density at radius 2 is 1.85 bits per heavy atom. The molecule has 0 aromatic heterocycles. The summed E-state index contributed by atoms with van der Waals surface area (Å²) in [7, 11) is -3.64. The average molecular weight is 372 g/mol. The number of amides is 1. The fourth-order valence-electron chi connectivity index (χ4n) is 3.26. The predicted molar refractivity (Wildman–Crippen MR) is 104 cm³/mol. The molecule has 1 aliphatic rings. The summed E-state index contributed by atoms with van der Waals surface area (Å²) in [4.78, 5) is 14.3. The van der Waals surface area contributed by atoms with E-state index in [0.29, 0.717) is 36.6 Å². The van der Waals surface area contributed by atoms with Gasteiger partial charge in [-0.25, -0.2) is 8.42 Å². The molecule has 1 aliphatic heterocycles. The Labute approximate surface area is 155 Å². The van der Waals surface area contributed by atoms with Gasteiger partial charge >= 0.3 is 0 Å². The number of fused-ring (bicyclic) bond motifs is 1. The van der Waals surface area contributed by atoms with E-state index in [2.05, 4.69) is 18.6 Å². The molecule has 1 heterocycles. The number of hydrogen-bond acceptors (Lipinski definition) is 3. The third-order valence-electron chi connectivity index (χ3n) is 4.46. The Hall–Kier alpha value is -2.34. The molecule has 0 fully saturated rings. The maximum atomic E-state index is 12.7. The Morgan fingerprint density at radius 1 is 1.12 bits per heavy atom. The minimum Gasteiger partial charge on any atom is -0.312 e. The van der Waals surface area contributed by atoms with E-state index in [-0.39, 0.29) is 10.8 Å². The third kappa shape index (κ3) is 3.75. The molecule has 26 heavy (non-hydrogen) atoms. The Morgan fingerprint density at radius 3 is 2.54 bits per heavy atom. The van der Waals surface area contributed by atoms with Crippen molar-refractivity contribution >= 4 is 27.3 Å². The van der Waals surface area contributed by atoms with E-state index in [1.807, 2.05) is 23.1 Å². The molecule has 5 nitrogen and oxygen atoms in total. The average Bonchev–Trinajstić information content (AvgIpc) is 2.57. The molecular weight excluding hydrogens is 348 g/mol. The number of rotatable bonds is 5. The molecule has 0 bridgehead atoms. The predicted octanol–water partition coefficient (Wildman–Crippen LogP) is 3.73. The van der Waals surface area contributed by atoms with E-state index in [1.165, 1.54) is 0 Å². The highest BCUT2D eigenvalue weighted by molar-refractivity contribution is 7.92. The quantitative estimate of drug-likeness (QED) is 0.870. The monoisotopic (exact) mass is 372 g/mol. The first-order valence-electron chi connectivity index (χ1n) is 8.79.